The highest BCUT2D eigenvalue weighted by molar-refractivity contribution is 6.17. The number of nitrogens with one attached hydrogen (secondary N) is 2. The number of fused-ring (bicyclic) bond motifs is 1. The third-order valence-corrected chi connectivity index (χ3v) is 4.77. The van der Waals surface area contributed by atoms with Gasteiger partial charge in [-0.25, -0.2) is 4.98 Å². The molecule has 140 valence electrons. The maximum absolute atomic E-state index is 12.9. The molecule has 2 aromatic carbocycles. The van der Waals surface area contributed by atoms with Crippen molar-refractivity contribution in [2.45, 2.75) is 6.42 Å². The SMILES string of the molecule is Cn1cc(C(=O)c2ccccc2)c2cc(C(=O)NCCc3cnc[nH]3)ccc21. The van der Waals surface area contributed by atoms with Crippen LogP contribution in [0.25, 0.3) is 10.9 Å². The molecule has 0 spiro atoms. The Bertz CT molecular complexity index is 1130. The number of carbonyl (C=O) groups excluding carboxylic acids is 2. The number of hydrogen-bond acceptors (Lipinski definition) is 3. The van der Waals surface area contributed by atoms with E-state index in [0.717, 1.165) is 16.6 Å². The second-order valence-corrected chi connectivity index (χ2v) is 6.66. The van der Waals surface area contributed by atoms with Gasteiger partial charge in [0.05, 0.1) is 6.33 Å². The quantitative estimate of drug-likeness (QED) is 0.511. The van der Waals surface area contributed by atoms with Crippen molar-refractivity contribution in [3.63, 3.8) is 0 Å². The molecular weight excluding hydrogens is 352 g/mol. The smallest absolute Gasteiger partial charge is 0.251 e. The van der Waals surface area contributed by atoms with Crippen LogP contribution in [0, 0.1) is 0 Å². The molecule has 6 heteroatoms. The monoisotopic (exact) mass is 372 g/mol. The van der Waals surface area contributed by atoms with Gasteiger partial charge in [-0.1, -0.05) is 30.3 Å². The molecule has 0 fully saturated rings. The summed E-state index contributed by atoms with van der Waals surface area (Å²) in [4.78, 5) is 32.5. The molecular formula is C22H20N4O2. The van der Waals surface area contributed by atoms with Gasteiger partial charge >= 0.3 is 0 Å². The summed E-state index contributed by atoms with van der Waals surface area (Å²) in [5.41, 5.74) is 3.63. The van der Waals surface area contributed by atoms with Crippen LogP contribution in [0.2, 0.25) is 0 Å². The van der Waals surface area contributed by atoms with Crippen LogP contribution in [-0.4, -0.2) is 32.8 Å². The molecule has 1 amide bonds. The molecule has 2 aromatic heterocycles. The first-order chi connectivity index (χ1) is 13.6. The fourth-order valence-electron chi connectivity index (χ4n) is 3.29. The number of aromatic nitrogens is 3. The van der Waals surface area contributed by atoms with E-state index in [2.05, 4.69) is 15.3 Å². The van der Waals surface area contributed by atoms with E-state index in [1.54, 1.807) is 36.8 Å². The van der Waals surface area contributed by atoms with Crippen molar-refractivity contribution in [1.29, 1.82) is 0 Å². The van der Waals surface area contributed by atoms with E-state index in [1.807, 2.05) is 42.1 Å². The number of aryl methyl sites for hydroxylation is 1. The maximum atomic E-state index is 12.9. The average molecular weight is 372 g/mol. The number of hydrogen-bond donors (Lipinski definition) is 2. The second-order valence-electron chi connectivity index (χ2n) is 6.66. The maximum Gasteiger partial charge on any atom is 0.251 e. The average Bonchev–Trinajstić information content (AvgIpc) is 3.36. The van der Waals surface area contributed by atoms with Crippen LogP contribution in [0.15, 0.2) is 67.3 Å². The Labute approximate surface area is 162 Å². The number of nitrogens with zero attached hydrogens (tertiary/aromatic N) is 2. The van der Waals surface area contributed by atoms with Crippen molar-refractivity contribution >= 4 is 22.6 Å². The third-order valence-electron chi connectivity index (χ3n) is 4.77. The van der Waals surface area contributed by atoms with Gasteiger partial charge in [0.1, 0.15) is 0 Å². The number of imidazole rings is 1. The van der Waals surface area contributed by atoms with Gasteiger partial charge in [0.15, 0.2) is 5.78 Å². The first-order valence-electron chi connectivity index (χ1n) is 9.08. The Morgan fingerprint density at radius 1 is 1.11 bits per heavy atom. The predicted molar refractivity (Wildman–Crippen MR) is 107 cm³/mol. The highest BCUT2D eigenvalue weighted by Gasteiger charge is 2.17. The van der Waals surface area contributed by atoms with Gasteiger partial charge in [0.25, 0.3) is 5.91 Å². The lowest BCUT2D eigenvalue weighted by Crippen LogP contribution is -2.25. The Hall–Kier alpha value is -3.67. The molecule has 0 aliphatic heterocycles. The number of H-pyrrole nitrogens is 1. The van der Waals surface area contributed by atoms with Crippen LogP contribution in [0.5, 0.6) is 0 Å². The first-order valence-corrected chi connectivity index (χ1v) is 9.08. The van der Waals surface area contributed by atoms with Crippen molar-refractivity contribution in [2.24, 2.45) is 7.05 Å². The molecule has 28 heavy (non-hydrogen) atoms. The fraction of sp³-hybridized carbons (Fsp3) is 0.136. The van der Waals surface area contributed by atoms with Crippen molar-refractivity contribution in [2.75, 3.05) is 6.54 Å². The zero-order chi connectivity index (χ0) is 19.5. The molecule has 0 saturated carbocycles. The highest BCUT2D eigenvalue weighted by atomic mass is 16.1. The van der Waals surface area contributed by atoms with Crippen molar-refractivity contribution in [3.8, 4) is 0 Å². The summed E-state index contributed by atoms with van der Waals surface area (Å²) >= 11 is 0. The van der Waals surface area contributed by atoms with Crippen LogP contribution in [-0.2, 0) is 13.5 Å². The molecule has 0 atom stereocenters. The van der Waals surface area contributed by atoms with Crippen molar-refractivity contribution in [3.05, 3.63) is 89.6 Å². The van der Waals surface area contributed by atoms with Gasteiger partial charge in [-0.2, -0.15) is 0 Å². The number of carbonyl (C=O) groups is 2. The lowest BCUT2D eigenvalue weighted by atomic mass is 10.0. The third kappa shape index (κ3) is 3.44. The van der Waals surface area contributed by atoms with E-state index in [0.29, 0.717) is 29.7 Å². The molecule has 0 aliphatic rings. The first kappa shape index (κ1) is 17.7. The van der Waals surface area contributed by atoms with Crippen LogP contribution in [0.4, 0.5) is 0 Å². The van der Waals surface area contributed by atoms with Gasteiger partial charge in [-0.05, 0) is 18.2 Å². The minimum absolute atomic E-state index is 0.0528. The highest BCUT2D eigenvalue weighted by Crippen LogP contribution is 2.24. The lowest BCUT2D eigenvalue weighted by Gasteiger charge is -2.06. The van der Waals surface area contributed by atoms with Gasteiger partial charge in [0.2, 0.25) is 0 Å². The molecule has 2 heterocycles. The lowest BCUT2D eigenvalue weighted by molar-refractivity contribution is 0.0953. The van der Waals surface area contributed by atoms with E-state index >= 15 is 0 Å². The van der Waals surface area contributed by atoms with Crippen LogP contribution >= 0.6 is 0 Å². The molecule has 0 unspecified atom stereocenters. The predicted octanol–water partition coefficient (Wildman–Crippen LogP) is 3.10. The van der Waals surface area contributed by atoms with Crippen LogP contribution < -0.4 is 5.32 Å². The van der Waals surface area contributed by atoms with E-state index < -0.39 is 0 Å². The van der Waals surface area contributed by atoms with Crippen LogP contribution in [0.3, 0.4) is 0 Å². The molecule has 0 bridgehead atoms. The Kier molecular flexibility index (Phi) is 4.76. The molecule has 0 radical (unpaired) electrons. The molecule has 6 nitrogen and oxygen atoms in total. The number of amides is 1. The summed E-state index contributed by atoms with van der Waals surface area (Å²) in [6, 6.07) is 14.6. The summed E-state index contributed by atoms with van der Waals surface area (Å²) in [7, 11) is 1.90. The van der Waals surface area contributed by atoms with E-state index in [-0.39, 0.29) is 11.7 Å². The summed E-state index contributed by atoms with van der Waals surface area (Å²) in [5, 5.41) is 3.69. The summed E-state index contributed by atoms with van der Waals surface area (Å²) in [6.07, 6.45) is 5.85. The standard InChI is InChI=1S/C22H20N4O2/c1-26-13-19(21(27)15-5-3-2-4-6-15)18-11-16(7-8-20(18)26)22(28)24-10-9-17-12-23-14-25-17/h2-8,11-14H,9-10H2,1H3,(H,23,25)(H,24,28). The van der Waals surface area contributed by atoms with Crippen molar-refractivity contribution < 1.29 is 9.59 Å². The van der Waals surface area contributed by atoms with Crippen molar-refractivity contribution in [1.82, 2.24) is 19.9 Å². The number of benzene rings is 2. The van der Waals surface area contributed by atoms with Gasteiger partial charge in [-0.3, -0.25) is 9.59 Å². The van der Waals surface area contributed by atoms with Gasteiger partial charge < -0.3 is 14.9 Å². The molecule has 2 N–H and O–H groups in total. The summed E-state index contributed by atoms with van der Waals surface area (Å²) < 4.78 is 1.91. The Morgan fingerprint density at radius 2 is 1.93 bits per heavy atom. The van der Waals surface area contributed by atoms with Gasteiger partial charge in [0, 0.05) is 65.7 Å². The summed E-state index contributed by atoms with van der Waals surface area (Å²) in [6.45, 7) is 0.504. The normalized spacial score (nSPS) is 10.9. The molecule has 0 saturated heterocycles. The molecule has 0 aliphatic carbocycles. The summed E-state index contributed by atoms with van der Waals surface area (Å²) in [5.74, 6) is -0.216. The largest absolute Gasteiger partial charge is 0.352 e. The zero-order valence-electron chi connectivity index (χ0n) is 15.5. The minimum atomic E-state index is -0.164. The zero-order valence-corrected chi connectivity index (χ0v) is 15.5. The Balaban J connectivity index is 1.59. The number of rotatable bonds is 6. The minimum Gasteiger partial charge on any atom is -0.352 e. The van der Waals surface area contributed by atoms with Crippen LogP contribution in [0.1, 0.15) is 32.0 Å². The number of aromatic amines is 1. The van der Waals surface area contributed by atoms with E-state index in [4.69, 9.17) is 0 Å². The Morgan fingerprint density at radius 3 is 2.68 bits per heavy atom. The number of ketones is 1. The topological polar surface area (TPSA) is 79.8 Å². The molecule has 4 rings (SSSR count). The fourth-order valence-corrected chi connectivity index (χ4v) is 3.29. The van der Waals surface area contributed by atoms with E-state index in [1.165, 1.54) is 0 Å². The van der Waals surface area contributed by atoms with Gasteiger partial charge in [-0.15, -0.1) is 0 Å². The molecule has 4 aromatic rings. The second kappa shape index (κ2) is 7.52. The van der Waals surface area contributed by atoms with E-state index in [9.17, 15) is 9.59 Å².